The number of rotatable bonds is 12. The second-order valence-electron chi connectivity index (χ2n) is 34.9. The minimum absolute atomic E-state index is 0.150. The van der Waals surface area contributed by atoms with Crippen LogP contribution in [-0.2, 0) is 32.5 Å². The molecule has 0 aliphatic carbocycles. The van der Waals surface area contributed by atoms with Gasteiger partial charge in [-0.05, 0) is 245 Å². The summed E-state index contributed by atoms with van der Waals surface area (Å²) in [6.07, 6.45) is 5.02. The standard InChI is InChI=1S/C19H25NO2S.2C18H24N2O2S.C13H14N2O2.2C12H12N2O2S/c1-18(2,3)13-10-12(11-14(16(13)21)19(4,5)6)17(22)20-15-8-7-9-23-15;1-17(2,3)12-9-11(10-13(14(12)21)18(4,5)6)15(22)20-16-19-7-8-23-16;1-17(2,3)12-9-11(10-13(15(12)21)18(4,5)6)16(22)19-14-7-8-23-20-14;1-8-6-10(7-9(2)12(8)16)13(17)15-11-4-3-5-14-11;1-7-5-9(6-8(2)10(7)15)11(16)14-12-13-3-4-17-12;1-7-5-9(6-8(2)11(7)15)12(16)13-10-3-4-17-14-10/h7-11,21H,1-6H3,(H,20,22);2*7-10,21H,1-6H3,(H,19,20,22);3-7,14,16H,1-2H3,(H,15,17);2*3-6,15H,1-2H3,(H,13,14,16). The lowest BCUT2D eigenvalue weighted by Crippen LogP contribution is -2.20. The molecule has 120 heavy (non-hydrogen) atoms. The van der Waals surface area contributed by atoms with Gasteiger partial charge in [0.15, 0.2) is 10.3 Å². The molecule has 0 spiro atoms. The van der Waals surface area contributed by atoms with Crippen molar-refractivity contribution in [3.8, 4) is 34.5 Å². The first-order valence-corrected chi connectivity index (χ1v) is 42.7. The van der Waals surface area contributed by atoms with Crippen LogP contribution >= 0.6 is 57.1 Å². The summed E-state index contributed by atoms with van der Waals surface area (Å²) in [5.74, 6) is 2.07. The molecule has 6 heterocycles. The van der Waals surface area contributed by atoms with Gasteiger partial charge in [0.25, 0.3) is 35.4 Å². The van der Waals surface area contributed by atoms with E-state index in [1.807, 2.05) is 159 Å². The van der Waals surface area contributed by atoms with Gasteiger partial charge >= 0.3 is 0 Å². The maximum absolute atomic E-state index is 12.6. The number of phenolic OH excluding ortho intramolecular Hbond substituents is 6. The van der Waals surface area contributed by atoms with Crippen molar-refractivity contribution in [2.75, 3.05) is 31.9 Å². The number of hydrogen-bond acceptors (Lipinski definition) is 21. The Morgan fingerprint density at radius 3 is 0.817 bits per heavy atom. The Morgan fingerprint density at radius 2 is 0.583 bits per heavy atom. The molecule has 0 fully saturated rings. The van der Waals surface area contributed by atoms with Gasteiger partial charge in [-0.15, -0.1) is 34.0 Å². The SMILES string of the molecule is CC(C)(C)c1cc(C(=O)Nc2cccs2)cc(C(C)(C)C)c1O.CC(C)(C)c1cc(C(=O)Nc2ccsn2)cc(C(C)(C)C)c1O.CC(C)(C)c1cc(C(=O)Nc2nccs2)cc(C(C)(C)C)c1O.Cc1cc(C(=O)Nc2ccc[nH]2)cc(C)c1O.Cc1cc(C(=O)Nc2ccsn2)cc(C)c1O.Cc1cc(C(=O)Nc2nccs2)cc(C)c1O. The second kappa shape index (κ2) is 40.0. The number of aromatic amines is 1. The zero-order chi connectivity index (χ0) is 89.5. The van der Waals surface area contributed by atoms with E-state index in [0.717, 1.165) is 38.4 Å². The average molecular weight is 1720 g/mol. The molecular weight excluding hydrogens is 1610 g/mol. The largest absolute Gasteiger partial charge is 0.507 e. The summed E-state index contributed by atoms with van der Waals surface area (Å²) < 4.78 is 8.11. The maximum atomic E-state index is 12.6. The summed E-state index contributed by atoms with van der Waals surface area (Å²) in [5.41, 5.74) is 10.5. The molecule has 12 aromatic rings. The molecule has 636 valence electrons. The van der Waals surface area contributed by atoms with Crippen LogP contribution in [0.15, 0.2) is 155 Å². The van der Waals surface area contributed by atoms with Gasteiger partial charge in [0.1, 0.15) is 52.0 Å². The Morgan fingerprint density at radius 1 is 0.308 bits per heavy atom. The number of aromatic nitrogens is 5. The van der Waals surface area contributed by atoms with Crippen LogP contribution in [0.1, 0.15) is 254 Å². The molecular formula is C92H111N11O12S5. The third-order valence-corrected chi connectivity index (χ3v) is 21.8. The minimum Gasteiger partial charge on any atom is -0.507 e. The molecule has 0 radical (unpaired) electrons. The van der Waals surface area contributed by atoms with E-state index in [1.165, 1.54) is 57.1 Å². The molecule has 6 aromatic heterocycles. The number of amides is 6. The fourth-order valence-electron chi connectivity index (χ4n) is 12.0. The summed E-state index contributed by atoms with van der Waals surface area (Å²) in [4.78, 5) is 84.4. The molecule has 0 aliphatic rings. The van der Waals surface area contributed by atoms with Crippen molar-refractivity contribution < 1.29 is 59.4 Å². The number of carbonyl (C=O) groups is 6. The van der Waals surface area contributed by atoms with Crippen LogP contribution in [0.4, 0.5) is 32.7 Å². The predicted octanol–water partition coefficient (Wildman–Crippen LogP) is 22.7. The molecule has 0 saturated heterocycles. The van der Waals surface area contributed by atoms with Crippen LogP contribution in [0.25, 0.3) is 0 Å². The van der Waals surface area contributed by atoms with Crippen LogP contribution in [0.2, 0.25) is 0 Å². The normalized spacial score (nSPS) is 11.4. The number of aryl methyl sites for hydroxylation is 6. The van der Waals surface area contributed by atoms with E-state index in [0.29, 0.717) is 94.5 Å². The van der Waals surface area contributed by atoms with Crippen molar-refractivity contribution in [2.45, 2.75) is 199 Å². The van der Waals surface area contributed by atoms with E-state index in [4.69, 9.17) is 0 Å². The van der Waals surface area contributed by atoms with Gasteiger partial charge in [0.05, 0.1) is 5.00 Å². The smallest absolute Gasteiger partial charge is 0.257 e. The fourth-order valence-corrected chi connectivity index (χ4v) is 14.6. The average Bonchev–Trinajstić information content (AvgIpc) is 0.800. The summed E-state index contributed by atoms with van der Waals surface area (Å²) >= 11 is 6.80. The molecule has 6 amide bonds. The van der Waals surface area contributed by atoms with Crippen LogP contribution in [-0.4, -0.2) is 89.8 Å². The van der Waals surface area contributed by atoms with Crippen molar-refractivity contribution in [1.29, 1.82) is 0 Å². The number of hydrogen-bond donors (Lipinski definition) is 13. The lowest BCUT2D eigenvalue weighted by Gasteiger charge is -2.28. The van der Waals surface area contributed by atoms with E-state index < -0.39 is 0 Å². The summed E-state index contributed by atoms with van der Waals surface area (Å²) in [6, 6.07) is 31.5. The molecule has 13 N–H and O–H groups in total. The number of thiazole rings is 2. The third-order valence-electron chi connectivity index (χ3n) is 18.5. The summed E-state index contributed by atoms with van der Waals surface area (Å²) in [5, 5.41) is 88.7. The molecule has 0 saturated carbocycles. The highest BCUT2D eigenvalue weighted by atomic mass is 32.1. The molecule has 6 aromatic carbocycles. The maximum Gasteiger partial charge on any atom is 0.257 e. The Bertz CT molecular complexity index is 4810. The molecule has 0 unspecified atom stereocenters. The fraction of sp³-hybridized carbons (Fsp3) is 0.326. The highest BCUT2D eigenvalue weighted by Crippen LogP contribution is 2.44. The van der Waals surface area contributed by atoms with E-state index in [9.17, 15) is 59.4 Å². The number of benzene rings is 6. The quantitative estimate of drug-likeness (QED) is 0.0540. The molecule has 12 rings (SSSR count). The van der Waals surface area contributed by atoms with Gasteiger partial charge in [-0.3, -0.25) is 39.4 Å². The number of nitrogens with one attached hydrogen (secondary N) is 7. The highest BCUT2D eigenvalue weighted by molar-refractivity contribution is 7.14. The lowest BCUT2D eigenvalue weighted by atomic mass is 9.78. The number of H-pyrrole nitrogens is 1. The second-order valence-corrected chi connectivity index (χ2v) is 38.9. The molecule has 0 aliphatic heterocycles. The first-order valence-electron chi connectivity index (χ1n) is 38.4. The highest BCUT2D eigenvalue weighted by Gasteiger charge is 2.32. The Balaban J connectivity index is 0.000000199. The number of carbonyl (C=O) groups excluding carboxylic acids is 6. The van der Waals surface area contributed by atoms with Crippen molar-refractivity contribution in [1.82, 2.24) is 23.7 Å². The Hall–Kier alpha value is -11.6. The van der Waals surface area contributed by atoms with Crippen molar-refractivity contribution >= 4 is 125 Å². The van der Waals surface area contributed by atoms with E-state index >= 15 is 0 Å². The van der Waals surface area contributed by atoms with Gasteiger partial charge in [-0.2, -0.15) is 8.75 Å². The van der Waals surface area contributed by atoms with Gasteiger partial charge in [-0.1, -0.05) is 125 Å². The van der Waals surface area contributed by atoms with Crippen LogP contribution < -0.4 is 31.9 Å². The Labute approximate surface area is 723 Å². The monoisotopic (exact) mass is 1720 g/mol. The Kier molecular flexibility index (Phi) is 31.9. The van der Waals surface area contributed by atoms with Crippen molar-refractivity contribution in [3.05, 3.63) is 255 Å². The number of aromatic hydroxyl groups is 6. The molecule has 23 nitrogen and oxygen atoms in total. The topological polar surface area (TPSA) is 363 Å². The van der Waals surface area contributed by atoms with E-state index in [2.05, 4.69) is 55.6 Å². The van der Waals surface area contributed by atoms with Crippen LogP contribution in [0, 0.1) is 41.5 Å². The molecule has 0 bridgehead atoms. The first kappa shape index (κ1) is 95.6. The number of nitrogens with zero attached hydrogens (tertiary/aromatic N) is 4. The number of anilines is 6. The number of phenols is 6. The zero-order valence-corrected chi connectivity index (χ0v) is 76.6. The van der Waals surface area contributed by atoms with Crippen LogP contribution in [0.3, 0.4) is 0 Å². The van der Waals surface area contributed by atoms with Gasteiger partial charge < -0.3 is 56.9 Å². The minimum atomic E-state index is -0.263. The van der Waals surface area contributed by atoms with Crippen molar-refractivity contribution in [3.63, 3.8) is 0 Å². The number of thiophene rings is 1. The summed E-state index contributed by atoms with van der Waals surface area (Å²) in [6.45, 7) is 47.1. The summed E-state index contributed by atoms with van der Waals surface area (Å²) in [7, 11) is 0. The lowest BCUT2D eigenvalue weighted by molar-refractivity contribution is 0.101. The van der Waals surface area contributed by atoms with Gasteiger partial charge in [0.2, 0.25) is 0 Å². The molecule has 28 heteroatoms. The predicted molar refractivity (Wildman–Crippen MR) is 491 cm³/mol. The van der Waals surface area contributed by atoms with Gasteiger partial charge in [-0.25, -0.2) is 9.97 Å². The van der Waals surface area contributed by atoms with E-state index in [1.54, 1.807) is 162 Å². The van der Waals surface area contributed by atoms with Crippen LogP contribution in [0.5, 0.6) is 34.5 Å². The molecule has 0 atom stereocenters. The zero-order valence-electron chi connectivity index (χ0n) is 72.5. The van der Waals surface area contributed by atoms with Gasteiger partial charge in [0, 0.05) is 107 Å². The third kappa shape index (κ3) is 26.7. The van der Waals surface area contributed by atoms with E-state index in [-0.39, 0.29) is 102 Å². The van der Waals surface area contributed by atoms with Crippen molar-refractivity contribution in [2.24, 2.45) is 0 Å². The first-order chi connectivity index (χ1) is 55.7.